The Bertz CT molecular complexity index is 633. The van der Waals surface area contributed by atoms with Crippen molar-refractivity contribution in [2.45, 2.75) is 10.8 Å². The van der Waals surface area contributed by atoms with E-state index < -0.39 is 5.97 Å². The zero-order valence-electron chi connectivity index (χ0n) is 9.87. The van der Waals surface area contributed by atoms with Gasteiger partial charge in [0.1, 0.15) is 5.03 Å². The molecule has 0 radical (unpaired) electrons. The van der Waals surface area contributed by atoms with E-state index in [0.29, 0.717) is 16.3 Å². The molecule has 0 bridgehead atoms. The number of carboxylic acid groups (broad SMARTS) is 1. The topological polar surface area (TPSA) is 76.8 Å². The fourth-order valence-electron chi connectivity index (χ4n) is 1.49. The molecule has 0 aliphatic rings. The fraction of sp³-hybridized carbons (Fsp3) is 0.0714. The van der Waals surface area contributed by atoms with Gasteiger partial charge in [0.2, 0.25) is 0 Å². The van der Waals surface area contributed by atoms with Crippen molar-refractivity contribution in [1.82, 2.24) is 4.98 Å². The van der Waals surface area contributed by atoms with Crippen molar-refractivity contribution < 1.29 is 9.90 Å². The first kappa shape index (κ1) is 13.1. The van der Waals surface area contributed by atoms with Gasteiger partial charge in [-0.3, -0.25) is 0 Å². The minimum atomic E-state index is -1.23. The number of nitriles is 1. The Morgan fingerprint density at radius 1 is 1.32 bits per heavy atom. The molecule has 1 heterocycles. The summed E-state index contributed by atoms with van der Waals surface area (Å²) in [6.45, 7) is 0. The number of thioether (sulfide) groups is 1. The van der Waals surface area contributed by atoms with Gasteiger partial charge in [0.15, 0.2) is 0 Å². The molecule has 0 spiro atoms. The second kappa shape index (κ2) is 6.03. The largest absolute Gasteiger partial charge is 0.545 e. The molecule has 4 nitrogen and oxygen atoms in total. The quantitative estimate of drug-likeness (QED) is 0.788. The lowest BCUT2D eigenvalue weighted by Crippen LogP contribution is -2.23. The van der Waals surface area contributed by atoms with E-state index in [-0.39, 0.29) is 5.56 Å². The molecule has 94 valence electrons. The number of hydrogen-bond acceptors (Lipinski definition) is 5. The number of rotatable bonds is 4. The lowest BCUT2D eigenvalue weighted by atomic mass is 10.2. The monoisotopic (exact) mass is 269 g/mol. The van der Waals surface area contributed by atoms with Crippen LogP contribution in [-0.4, -0.2) is 11.0 Å². The molecule has 0 saturated carbocycles. The van der Waals surface area contributed by atoms with E-state index >= 15 is 0 Å². The molecule has 19 heavy (non-hydrogen) atoms. The molecule has 0 aliphatic heterocycles. The van der Waals surface area contributed by atoms with Crippen LogP contribution in [0.4, 0.5) is 0 Å². The first-order valence-corrected chi connectivity index (χ1v) is 6.47. The number of aromatic carboxylic acids is 1. The number of hydrogen-bond donors (Lipinski definition) is 0. The lowest BCUT2D eigenvalue weighted by Gasteiger charge is -2.08. The number of benzene rings is 1. The van der Waals surface area contributed by atoms with Gasteiger partial charge in [-0.05, 0) is 29.8 Å². The predicted octanol–water partition coefficient (Wildman–Crippen LogP) is 1.61. The molecule has 0 atom stereocenters. The Morgan fingerprint density at radius 3 is 2.68 bits per heavy atom. The van der Waals surface area contributed by atoms with E-state index in [0.717, 1.165) is 5.56 Å². The Hall–Kier alpha value is -2.32. The predicted molar refractivity (Wildman–Crippen MR) is 69.3 cm³/mol. The van der Waals surface area contributed by atoms with Crippen LogP contribution in [0, 0.1) is 11.3 Å². The van der Waals surface area contributed by atoms with Crippen LogP contribution in [0.15, 0.2) is 47.6 Å². The Kier molecular flexibility index (Phi) is 4.16. The second-order valence-corrected chi connectivity index (χ2v) is 4.71. The van der Waals surface area contributed by atoms with E-state index in [9.17, 15) is 9.90 Å². The summed E-state index contributed by atoms with van der Waals surface area (Å²) in [7, 11) is 0. The van der Waals surface area contributed by atoms with E-state index in [1.54, 1.807) is 24.4 Å². The van der Waals surface area contributed by atoms with Crippen molar-refractivity contribution in [3.8, 4) is 6.07 Å². The second-order valence-electron chi connectivity index (χ2n) is 3.74. The number of aromatic nitrogens is 1. The van der Waals surface area contributed by atoms with Crippen LogP contribution in [0.25, 0.3) is 0 Å². The Morgan fingerprint density at radius 2 is 2.05 bits per heavy atom. The summed E-state index contributed by atoms with van der Waals surface area (Å²) >= 11 is 1.33. The van der Waals surface area contributed by atoms with Crippen LogP contribution in [-0.2, 0) is 5.75 Å². The van der Waals surface area contributed by atoms with Crippen molar-refractivity contribution in [2.24, 2.45) is 0 Å². The molecule has 5 heteroatoms. The number of pyridine rings is 1. The molecule has 0 unspecified atom stereocenters. The summed E-state index contributed by atoms with van der Waals surface area (Å²) in [6, 6.07) is 12.2. The highest BCUT2D eigenvalue weighted by Crippen LogP contribution is 2.23. The zero-order valence-corrected chi connectivity index (χ0v) is 10.7. The number of carboxylic acids is 1. The molecule has 0 amide bonds. The average Bonchev–Trinajstić information content (AvgIpc) is 2.46. The molecule has 0 fully saturated rings. The van der Waals surface area contributed by atoms with Crippen molar-refractivity contribution in [3.05, 3.63) is 59.3 Å². The maximum absolute atomic E-state index is 10.9. The SMILES string of the molecule is N#Cc1ccc(CSc2ncccc2C(=O)[O-])cc1. The maximum Gasteiger partial charge on any atom is 0.105 e. The first-order chi connectivity index (χ1) is 9.20. The molecule has 2 rings (SSSR count). The highest BCUT2D eigenvalue weighted by molar-refractivity contribution is 7.98. The van der Waals surface area contributed by atoms with Gasteiger partial charge in [-0.25, -0.2) is 4.98 Å². The summed E-state index contributed by atoms with van der Waals surface area (Å²) in [5.41, 5.74) is 1.70. The van der Waals surface area contributed by atoms with Crippen LogP contribution in [0.2, 0.25) is 0 Å². The van der Waals surface area contributed by atoms with Crippen LogP contribution in [0.5, 0.6) is 0 Å². The molecular weight excluding hydrogens is 260 g/mol. The summed E-state index contributed by atoms with van der Waals surface area (Å²) in [6.07, 6.45) is 1.55. The molecule has 0 N–H and O–H groups in total. The third-order valence-electron chi connectivity index (χ3n) is 2.45. The van der Waals surface area contributed by atoms with Crippen molar-refractivity contribution >= 4 is 17.7 Å². The highest BCUT2D eigenvalue weighted by atomic mass is 32.2. The standard InChI is InChI=1S/C14H10N2O2S/c15-8-10-3-5-11(6-4-10)9-19-13-12(14(17)18)2-1-7-16-13/h1-7H,9H2,(H,17,18)/p-1. The van der Waals surface area contributed by atoms with Gasteiger partial charge in [0.05, 0.1) is 17.6 Å². The summed E-state index contributed by atoms with van der Waals surface area (Å²) in [4.78, 5) is 15.0. The maximum atomic E-state index is 10.9. The molecule has 1 aromatic heterocycles. The van der Waals surface area contributed by atoms with Gasteiger partial charge in [-0.15, -0.1) is 11.8 Å². The lowest BCUT2D eigenvalue weighted by molar-refractivity contribution is -0.255. The summed E-state index contributed by atoms with van der Waals surface area (Å²) in [5, 5.41) is 20.0. The molecule has 0 saturated heterocycles. The van der Waals surface area contributed by atoms with Crippen LogP contribution in [0.3, 0.4) is 0 Å². The number of carbonyl (C=O) groups is 1. The average molecular weight is 269 g/mol. The molecular formula is C14H9N2O2S-. The van der Waals surface area contributed by atoms with Gasteiger partial charge >= 0.3 is 0 Å². The van der Waals surface area contributed by atoms with Gasteiger partial charge in [-0.1, -0.05) is 12.1 Å². The number of carbonyl (C=O) groups excluding carboxylic acids is 1. The van der Waals surface area contributed by atoms with Gasteiger partial charge in [0.25, 0.3) is 0 Å². The summed E-state index contributed by atoms with van der Waals surface area (Å²) in [5.74, 6) is -0.640. The van der Waals surface area contributed by atoms with E-state index in [2.05, 4.69) is 4.98 Å². The van der Waals surface area contributed by atoms with Gasteiger partial charge in [0, 0.05) is 17.5 Å². The van der Waals surface area contributed by atoms with Gasteiger partial charge in [-0.2, -0.15) is 5.26 Å². The van der Waals surface area contributed by atoms with Crippen LogP contribution < -0.4 is 5.11 Å². The van der Waals surface area contributed by atoms with Crippen LogP contribution in [0.1, 0.15) is 21.5 Å². The number of nitrogens with zero attached hydrogens (tertiary/aromatic N) is 2. The van der Waals surface area contributed by atoms with E-state index in [1.165, 1.54) is 17.8 Å². The normalized spacial score (nSPS) is 9.84. The van der Waals surface area contributed by atoms with Crippen molar-refractivity contribution in [2.75, 3.05) is 0 Å². The summed E-state index contributed by atoms with van der Waals surface area (Å²) < 4.78 is 0. The third kappa shape index (κ3) is 3.33. The molecule has 0 aliphatic carbocycles. The Balaban J connectivity index is 2.10. The van der Waals surface area contributed by atoms with Crippen molar-refractivity contribution in [1.29, 1.82) is 5.26 Å². The highest BCUT2D eigenvalue weighted by Gasteiger charge is 2.05. The molecule has 2 aromatic rings. The minimum Gasteiger partial charge on any atom is -0.545 e. The Labute approximate surface area is 114 Å². The van der Waals surface area contributed by atoms with E-state index in [4.69, 9.17) is 5.26 Å². The smallest absolute Gasteiger partial charge is 0.105 e. The molecule has 1 aromatic carbocycles. The van der Waals surface area contributed by atoms with Crippen molar-refractivity contribution in [3.63, 3.8) is 0 Å². The zero-order chi connectivity index (χ0) is 13.7. The van der Waals surface area contributed by atoms with Crippen LogP contribution >= 0.6 is 11.8 Å². The van der Waals surface area contributed by atoms with Gasteiger partial charge < -0.3 is 9.90 Å². The fourth-order valence-corrected chi connectivity index (χ4v) is 2.43. The minimum absolute atomic E-state index is 0.0983. The van der Waals surface area contributed by atoms with E-state index in [1.807, 2.05) is 18.2 Å². The first-order valence-electron chi connectivity index (χ1n) is 5.49. The third-order valence-corrected chi connectivity index (χ3v) is 3.53.